The Morgan fingerprint density at radius 2 is 1.09 bits per heavy atom. The van der Waals surface area contributed by atoms with Crippen LogP contribution in [-0.4, -0.2) is 84.8 Å². The van der Waals surface area contributed by atoms with Crippen molar-refractivity contribution in [3.63, 3.8) is 0 Å². The molecule has 0 radical (unpaired) electrons. The summed E-state index contributed by atoms with van der Waals surface area (Å²) in [4.78, 5) is 12.9. The average Bonchev–Trinajstić information content (AvgIpc) is 3.44. The van der Waals surface area contributed by atoms with E-state index in [-0.39, 0.29) is 25.7 Å². The van der Waals surface area contributed by atoms with E-state index in [0.29, 0.717) is 75.1 Å². The molecule has 0 bridgehead atoms. The van der Waals surface area contributed by atoms with Gasteiger partial charge in [0, 0.05) is 25.3 Å². The third kappa shape index (κ3) is 17.3. The molecule has 11 nitrogen and oxygen atoms in total. The number of phosphoric acid groups is 1. The van der Waals surface area contributed by atoms with Gasteiger partial charge in [0.1, 0.15) is 6.61 Å². The van der Waals surface area contributed by atoms with Gasteiger partial charge in [-0.1, -0.05) is 48.5 Å². The fourth-order valence-electron chi connectivity index (χ4n) is 6.29. The van der Waals surface area contributed by atoms with Crippen molar-refractivity contribution < 1.29 is 46.6 Å². The maximum Gasteiger partial charge on any atom is 0.475 e. The molecule has 0 unspecified atom stereocenters. The molecule has 0 spiro atoms. The largest absolute Gasteiger partial charge is 0.487 e. The first kappa shape index (κ1) is 48.9. The molecule has 1 N–H and O–H groups in total. The van der Waals surface area contributed by atoms with Crippen molar-refractivity contribution >= 4 is 48.5 Å². The molecule has 0 heterocycles. The summed E-state index contributed by atoms with van der Waals surface area (Å²) in [6.45, 7) is 20.8. The van der Waals surface area contributed by atoms with Crippen LogP contribution in [0, 0.1) is 0 Å². The minimum absolute atomic E-state index is 0.00998. The third-order valence-electron chi connectivity index (χ3n) is 9.55. The number of carbonyl (C=O) groups is 1. The van der Waals surface area contributed by atoms with E-state index in [1.54, 1.807) is 0 Å². The van der Waals surface area contributed by atoms with Crippen LogP contribution in [0.1, 0.15) is 125 Å². The Labute approximate surface area is 352 Å². The summed E-state index contributed by atoms with van der Waals surface area (Å²) in [5, 5.41) is 3.83. The third-order valence-corrected chi connectivity index (χ3v) is 12.1. The molecule has 57 heavy (non-hydrogen) atoms. The molecule has 320 valence electrons. The van der Waals surface area contributed by atoms with Crippen LogP contribution in [-0.2, 0) is 41.8 Å². The van der Waals surface area contributed by atoms with Gasteiger partial charge < -0.3 is 29.0 Å². The SMILES string of the molecule is CCOC(=S)CCC(C)(C)OCCC(C)(C)OP(=O)(OCCNC(=O)OCC1c2ccccc2-c2ccccc21)OC(C)(C)CCOC(C)(C)CCC(=S)OCC. The van der Waals surface area contributed by atoms with E-state index in [1.165, 1.54) is 0 Å². The topological polar surface area (TPSA) is 120 Å². The van der Waals surface area contributed by atoms with Crippen LogP contribution in [0.5, 0.6) is 0 Å². The summed E-state index contributed by atoms with van der Waals surface area (Å²) in [6.07, 6.45) is 2.75. The van der Waals surface area contributed by atoms with Crippen LogP contribution in [0.25, 0.3) is 11.1 Å². The van der Waals surface area contributed by atoms with Gasteiger partial charge in [-0.05, 0) is 142 Å². The fraction of sp³-hybridized carbons (Fsp3) is 0.651. The van der Waals surface area contributed by atoms with Gasteiger partial charge in [0.15, 0.2) is 10.1 Å². The van der Waals surface area contributed by atoms with Gasteiger partial charge >= 0.3 is 13.9 Å². The van der Waals surface area contributed by atoms with Gasteiger partial charge in [-0.3, -0.25) is 13.6 Å². The molecule has 0 saturated carbocycles. The highest BCUT2D eigenvalue weighted by Gasteiger charge is 2.41. The number of carbonyl (C=O) groups excluding carboxylic acids is 1. The quantitative estimate of drug-likeness (QED) is 0.0551. The Balaban J connectivity index is 1.60. The number of alkyl carbamates (subject to hydrolysis) is 1. The highest BCUT2D eigenvalue weighted by molar-refractivity contribution is 7.80. The number of fused-ring (bicyclic) bond motifs is 3. The van der Waals surface area contributed by atoms with Gasteiger partial charge in [-0.15, -0.1) is 0 Å². The number of nitrogens with one attached hydrogen (secondary N) is 1. The van der Waals surface area contributed by atoms with E-state index in [1.807, 2.05) is 93.5 Å². The second-order valence-corrected chi connectivity index (χ2v) is 19.0. The molecule has 0 saturated heterocycles. The van der Waals surface area contributed by atoms with Gasteiger partial charge in [0.2, 0.25) is 0 Å². The first-order valence-electron chi connectivity index (χ1n) is 20.0. The zero-order valence-corrected chi connectivity index (χ0v) is 38.3. The number of rotatable bonds is 26. The summed E-state index contributed by atoms with van der Waals surface area (Å²) in [5.41, 5.74) is 1.65. The molecule has 3 rings (SSSR count). The average molecular weight is 852 g/mol. The highest BCUT2D eigenvalue weighted by Crippen LogP contribution is 2.56. The van der Waals surface area contributed by atoms with Gasteiger partial charge in [-0.2, -0.15) is 0 Å². The number of hydrogen-bond donors (Lipinski definition) is 1. The molecule has 1 amide bonds. The van der Waals surface area contributed by atoms with Gasteiger partial charge in [0.25, 0.3) is 0 Å². The lowest BCUT2D eigenvalue weighted by Gasteiger charge is -2.35. The second kappa shape index (κ2) is 22.2. The molecule has 0 aliphatic heterocycles. The lowest BCUT2D eigenvalue weighted by atomic mass is 9.98. The molecular weight excluding hydrogens is 786 g/mol. The molecule has 2 aromatic rings. The Morgan fingerprint density at radius 3 is 1.53 bits per heavy atom. The number of phosphoric ester groups is 1. The van der Waals surface area contributed by atoms with E-state index in [2.05, 4.69) is 29.6 Å². The number of thiocarbonyl (C=S) groups is 2. The van der Waals surface area contributed by atoms with Crippen molar-refractivity contribution in [2.45, 2.75) is 136 Å². The minimum Gasteiger partial charge on any atom is -0.487 e. The zero-order valence-electron chi connectivity index (χ0n) is 35.7. The number of benzene rings is 2. The van der Waals surface area contributed by atoms with E-state index >= 15 is 0 Å². The van der Waals surface area contributed by atoms with Crippen LogP contribution in [0.4, 0.5) is 4.79 Å². The van der Waals surface area contributed by atoms with Crippen molar-refractivity contribution in [2.75, 3.05) is 46.2 Å². The molecule has 1 aliphatic carbocycles. The lowest BCUT2D eigenvalue weighted by Crippen LogP contribution is -2.34. The molecule has 0 atom stereocenters. The smallest absolute Gasteiger partial charge is 0.475 e. The van der Waals surface area contributed by atoms with Crippen molar-refractivity contribution in [3.05, 3.63) is 59.7 Å². The Hall–Kier alpha value is -2.48. The molecule has 1 aliphatic rings. The van der Waals surface area contributed by atoms with Crippen molar-refractivity contribution in [2.24, 2.45) is 0 Å². The molecule has 14 heteroatoms. The first-order chi connectivity index (χ1) is 26.7. The second-order valence-electron chi connectivity index (χ2n) is 16.6. The Bertz CT molecular complexity index is 1560. The summed E-state index contributed by atoms with van der Waals surface area (Å²) in [5.74, 6) is -0.0740. The molecular formula is C43H66NO10PS2. The van der Waals surface area contributed by atoms with Crippen molar-refractivity contribution in [1.82, 2.24) is 5.32 Å². The molecule has 2 aromatic carbocycles. The highest BCUT2D eigenvalue weighted by atomic mass is 32.1. The summed E-state index contributed by atoms with van der Waals surface area (Å²) < 4.78 is 61.7. The maximum atomic E-state index is 14.5. The Kier molecular flexibility index (Phi) is 19.1. The van der Waals surface area contributed by atoms with Gasteiger partial charge in [-0.25, -0.2) is 9.36 Å². The maximum absolute atomic E-state index is 14.5. The van der Waals surface area contributed by atoms with Crippen LogP contribution >= 0.6 is 32.3 Å². The van der Waals surface area contributed by atoms with Gasteiger partial charge in [0.05, 0.1) is 55.4 Å². The van der Waals surface area contributed by atoms with Crippen LogP contribution < -0.4 is 5.32 Å². The number of ether oxygens (including phenoxy) is 5. The standard InChI is InChI=1S/C43H66NO10PS2/c1-11-47-37(56)21-23-40(3,4)50-28-25-42(7,8)53-55(46,54-43(9,10)26-29-51-41(5,6)24-22-38(57)48-12-2)52-30-27-44-39(45)49-31-36-34-19-15-13-17-32(34)33-18-14-16-20-35(33)36/h13-20,36H,11-12,21-31H2,1-10H3,(H,44,45). The summed E-state index contributed by atoms with van der Waals surface area (Å²) >= 11 is 10.6. The van der Waals surface area contributed by atoms with E-state index < -0.39 is 36.3 Å². The summed E-state index contributed by atoms with van der Waals surface area (Å²) in [6, 6.07) is 16.3. The van der Waals surface area contributed by atoms with Crippen molar-refractivity contribution in [1.29, 1.82) is 0 Å². The lowest BCUT2D eigenvalue weighted by molar-refractivity contribution is -0.0680. The normalized spacial score (nSPS) is 13.5. The zero-order chi connectivity index (χ0) is 42.3. The van der Waals surface area contributed by atoms with Crippen LogP contribution in [0.15, 0.2) is 48.5 Å². The van der Waals surface area contributed by atoms with Crippen LogP contribution in [0.2, 0.25) is 0 Å². The molecule has 0 fully saturated rings. The van der Waals surface area contributed by atoms with E-state index in [9.17, 15) is 9.36 Å². The van der Waals surface area contributed by atoms with Crippen molar-refractivity contribution in [3.8, 4) is 11.1 Å². The first-order valence-corrected chi connectivity index (χ1v) is 22.3. The monoisotopic (exact) mass is 851 g/mol. The number of hydrogen-bond acceptors (Lipinski definition) is 12. The predicted octanol–water partition coefficient (Wildman–Crippen LogP) is 10.9. The minimum atomic E-state index is -4.23. The van der Waals surface area contributed by atoms with Crippen LogP contribution in [0.3, 0.4) is 0 Å². The van der Waals surface area contributed by atoms with E-state index in [4.69, 9.17) is 61.7 Å². The number of amides is 1. The molecule has 0 aromatic heterocycles. The summed E-state index contributed by atoms with van der Waals surface area (Å²) in [7, 11) is -4.23. The predicted molar refractivity (Wildman–Crippen MR) is 233 cm³/mol. The Morgan fingerprint density at radius 1 is 0.649 bits per heavy atom. The van der Waals surface area contributed by atoms with E-state index in [0.717, 1.165) is 22.3 Å². The fourth-order valence-corrected chi connectivity index (χ4v) is 8.58.